The van der Waals surface area contributed by atoms with E-state index in [1.807, 2.05) is 0 Å². The summed E-state index contributed by atoms with van der Waals surface area (Å²) in [6.45, 7) is 2.10. The standard InChI is InChI=1S/C19H29NO/c1-20-12-10-19(21,11-13-20)18-9-5-8-17(15-18)14-16-6-3-2-4-7-16/h2-4,6-7,17-18,21H,5,8-15H2,1H3. The predicted molar refractivity (Wildman–Crippen MR) is 87.3 cm³/mol. The molecular formula is C19H29NO. The van der Waals surface area contributed by atoms with Gasteiger partial charge in [0.1, 0.15) is 0 Å². The summed E-state index contributed by atoms with van der Waals surface area (Å²) >= 11 is 0. The Hall–Kier alpha value is -0.860. The van der Waals surface area contributed by atoms with Crippen molar-refractivity contribution in [3.05, 3.63) is 35.9 Å². The lowest BCUT2D eigenvalue weighted by atomic mass is 9.68. The molecular weight excluding hydrogens is 258 g/mol. The van der Waals surface area contributed by atoms with Crippen molar-refractivity contribution in [1.29, 1.82) is 0 Å². The highest BCUT2D eigenvalue weighted by atomic mass is 16.3. The minimum Gasteiger partial charge on any atom is -0.390 e. The first-order valence-corrected chi connectivity index (χ1v) is 8.60. The largest absolute Gasteiger partial charge is 0.390 e. The lowest BCUT2D eigenvalue weighted by Crippen LogP contribution is -2.49. The van der Waals surface area contributed by atoms with Crippen molar-refractivity contribution in [1.82, 2.24) is 4.90 Å². The summed E-state index contributed by atoms with van der Waals surface area (Å²) in [6.07, 6.45) is 8.19. The zero-order chi connectivity index (χ0) is 14.7. The Morgan fingerprint density at radius 1 is 1.14 bits per heavy atom. The molecule has 2 atom stereocenters. The first kappa shape index (κ1) is 15.1. The summed E-state index contributed by atoms with van der Waals surface area (Å²) in [7, 11) is 2.17. The molecule has 1 aromatic rings. The smallest absolute Gasteiger partial charge is 0.0700 e. The van der Waals surface area contributed by atoms with E-state index in [1.165, 1.54) is 37.7 Å². The number of benzene rings is 1. The van der Waals surface area contributed by atoms with Gasteiger partial charge in [0.25, 0.3) is 0 Å². The average Bonchev–Trinajstić information content (AvgIpc) is 2.52. The molecule has 1 saturated heterocycles. The molecule has 0 amide bonds. The fourth-order valence-electron chi connectivity index (χ4n) is 4.33. The maximum atomic E-state index is 11.1. The summed E-state index contributed by atoms with van der Waals surface area (Å²) in [5, 5.41) is 11.1. The van der Waals surface area contributed by atoms with Gasteiger partial charge in [-0.3, -0.25) is 0 Å². The SMILES string of the molecule is CN1CCC(O)(C2CCCC(Cc3ccccc3)C2)CC1. The van der Waals surface area contributed by atoms with E-state index in [2.05, 4.69) is 42.3 Å². The molecule has 2 unspecified atom stereocenters. The first-order valence-electron chi connectivity index (χ1n) is 8.60. The van der Waals surface area contributed by atoms with Crippen molar-refractivity contribution in [3.8, 4) is 0 Å². The van der Waals surface area contributed by atoms with E-state index in [-0.39, 0.29) is 5.60 Å². The van der Waals surface area contributed by atoms with Gasteiger partial charge in [-0.15, -0.1) is 0 Å². The Morgan fingerprint density at radius 2 is 1.86 bits per heavy atom. The molecule has 0 aromatic heterocycles. The summed E-state index contributed by atoms with van der Waals surface area (Å²) in [6, 6.07) is 10.9. The number of piperidine rings is 1. The zero-order valence-electron chi connectivity index (χ0n) is 13.3. The van der Waals surface area contributed by atoms with Gasteiger partial charge in [-0.1, -0.05) is 43.2 Å². The molecule has 1 aliphatic carbocycles. The van der Waals surface area contributed by atoms with Crippen molar-refractivity contribution in [2.75, 3.05) is 20.1 Å². The van der Waals surface area contributed by atoms with Crippen LogP contribution in [0.4, 0.5) is 0 Å². The van der Waals surface area contributed by atoms with Crippen LogP contribution in [-0.4, -0.2) is 35.7 Å². The van der Waals surface area contributed by atoms with Gasteiger partial charge in [-0.05, 0) is 56.6 Å². The lowest BCUT2D eigenvalue weighted by Gasteiger charge is -2.45. The van der Waals surface area contributed by atoms with E-state index in [9.17, 15) is 5.11 Å². The van der Waals surface area contributed by atoms with Gasteiger partial charge in [-0.25, -0.2) is 0 Å². The highest BCUT2D eigenvalue weighted by Gasteiger charge is 2.41. The number of rotatable bonds is 3. The monoisotopic (exact) mass is 287 g/mol. The van der Waals surface area contributed by atoms with Crippen molar-refractivity contribution < 1.29 is 5.11 Å². The van der Waals surface area contributed by atoms with Gasteiger partial charge in [-0.2, -0.15) is 0 Å². The quantitative estimate of drug-likeness (QED) is 0.920. The molecule has 1 heterocycles. The Kier molecular flexibility index (Phi) is 4.66. The second-order valence-electron chi connectivity index (χ2n) is 7.33. The van der Waals surface area contributed by atoms with Gasteiger partial charge in [0, 0.05) is 13.1 Å². The molecule has 2 aliphatic rings. The normalized spacial score (nSPS) is 30.2. The summed E-state index contributed by atoms with van der Waals surface area (Å²) in [4.78, 5) is 2.35. The molecule has 0 radical (unpaired) electrons. The van der Waals surface area contributed by atoms with Gasteiger partial charge in [0.15, 0.2) is 0 Å². The fourth-order valence-corrected chi connectivity index (χ4v) is 4.33. The van der Waals surface area contributed by atoms with E-state index in [1.54, 1.807) is 0 Å². The predicted octanol–water partition coefficient (Wildman–Crippen LogP) is 3.49. The Labute approximate surface area is 129 Å². The van der Waals surface area contributed by atoms with Crippen molar-refractivity contribution in [3.63, 3.8) is 0 Å². The van der Waals surface area contributed by atoms with Crippen LogP contribution in [0.3, 0.4) is 0 Å². The molecule has 2 nitrogen and oxygen atoms in total. The average molecular weight is 287 g/mol. The molecule has 0 spiro atoms. The summed E-state index contributed by atoms with van der Waals surface area (Å²) in [5.74, 6) is 1.28. The molecule has 2 heteroatoms. The molecule has 1 N–H and O–H groups in total. The van der Waals surface area contributed by atoms with Crippen molar-refractivity contribution in [2.24, 2.45) is 11.8 Å². The number of nitrogens with zero attached hydrogens (tertiary/aromatic N) is 1. The van der Waals surface area contributed by atoms with Gasteiger partial charge in [0.2, 0.25) is 0 Å². The van der Waals surface area contributed by atoms with Crippen LogP contribution < -0.4 is 0 Å². The van der Waals surface area contributed by atoms with E-state index >= 15 is 0 Å². The fraction of sp³-hybridized carbons (Fsp3) is 0.684. The Morgan fingerprint density at radius 3 is 2.57 bits per heavy atom. The van der Waals surface area contributed by atoms with Gasteiger partial charge >= 0.3 is 0 Å². The molecule has 1 aliphatic heterocycles. The van der Waals surface area contributed by atoms with Crippen LogP contribution in [0, 0.1) is 11.8 Å². The molecule has 1 aromatic carbocycles. The third-order valence-corrected chi connectivity index (χ3v) is 5.76. The van der Waals surface area contributed by atoms with Crippen LogP contribution in [0.15, 0.2) is 30.3 Å². The van der Waals surface area contributed by atoms with Crippen LogP contribution in [0.25, 0.3) is 0 Å². The van der Waals surface area contributed by atoms with Crippen LogP contribution in [-0.2, 0) is 6.42 Å². The van der Waals surface area contributed by atoms with Crippen LogP contribution in [0.2, 0.25) is 0 Å². The molecule has 21 heavy (non-hydrogen) atoms. The second kappa shape index (κ2) is 6.50. The number of likely N-dealkylation sites (tertiary alicyclic amines) is 1. The van der Waals surface area contributed by atoms with Gasteiger partial charge < -0.3 is 10.0 Å². The lowest BCUT2D eigenvalue weighted by molar-refractivity contribution is -0.0799. The molecule has 0 bridgehead atoms. The third-order valence-electron chi connectivity index (χ3n) is 5.76. The minimum absolute atomic E-state index is 0.387. The van der Waals surface area contributed by atoms with E-state index in [0.717, 1.165) is 31.8 Å². The van der Waals surface area contributed by atoms with Crippen LogP contribution in [0.5, 0.6) is 0 Å². The van der Waals surface area contributed by atoms with Gasteiger partial charge in [0.05, 0.1) is 5.60 Å². The topological polar surface area (TPSA) is 23.5 Å². The van der Waals surface area contributed by atoms with Crippen LogP contribution in [0.1, 0.15) is 44.1 Å². The summed E-state index contributed by atoms with van der Waals surface area (Å²) < 4.78 is 0. The number of aliphatic hydroxyl groups is 1. The molecule has 116 valence electrons. The molecule has 3 rings (SSSR count). The number of hydrogen-bond acceptors (Lipinski definition) is 2. The van der Waals surface area contributed by atoms with E-state index in [4.69, 9.17) is 0 Å². The Bertz CT molecular complexity index is 436. The third kappa shape index (κ3) is 3.67. The van der Waals surface area contributed by atoms with Crippen LogP contribution >= 0.6 is 0 Å². The second-order valence-corrected chi connectivity index (χ2v) is 7.33. The maximum absolute atomic E-state index is 11.1. The maximum Gasteiger partial charge on any atom is 0.0700 e. The minimum atomic E-state index is -0.387. The van der Waals surface area contributed by atoms with Crippen molar-refractivity contribution >= 4 is 0 Å². The molecule has 1 saturated carbocycles. The van der Waals surface area contributed by atoms with E-state index in [0.29, 0.717) is 5.92 Å². The van der Waals surface area contributed by atoms with E-state index < -0.39 is 0 Å². The zero-order valence-corrected chi connectivity index (χ0v) is 13.3. The number of hydrogen-bond donors (Lipinski definition) is 1. The summed E-state index contributed by atoms with van der Waals surface area (Å²) in [5.41, 5.74) is 1.07. The first-order chi connectivity index (χ1) is 10.2. The Balaban J connectivity index is 1.60. The highest BCUT2D eigenvalue weighted by molar-refractivity contribution is 5.15. The highest BCUT2D eigenvalue weighted by Crippen LogP contribution is 2.41. The van der Waals surface area contributed by atoms with Crippen molar-refractivity contribution in [2.45, 2.75) is 50.5 Å². The molecule has 2 fully saturated rings.